The summed E-state index contributed by atoms with van der Waals surface area (Å²) in [5.74, 6) is -1.43. The number of nitrogens with zero attached hydrogens (tertiary/aromatic N) is 6. The minimum Gasteiger partial charge on any atom is -0.243 e. The highest BCUT2D eigenvalue weighted by molar-refractivity contribution is 5.77. The van der Waals surface area contributed by atoms with Crippen molar-refractivity contribution in [2.45, 2.75) is 33.4 Å². The van der Waals surface area contributed by atoms with Gasteiger partial charge in [0.1, 0.15) is 18.5 Å². The number of carbonyl (C=O) groups is 1. The van der Waals surface area contributed by atoms with E-state index in [0.717, 1.165) is 17.3 Å². The Kier molecular flexibility index (Phi) is 3.56. The van der Waals surface area contributed by atoms with Crippen LogP contribution in [0, 0.1) is 5.41 Å². The Morgan fingerprint density at radius 1 is 1.29 bits per heavy atom. The van der Waals surface area contributed by atoms with Crippen molar-refractivity contribution in [3.8, 4) is 0 Å². The fourth-order valence-corrected chi connectivity index (χ4v) is 1.61. The SMILES string of the molecule is CC(C)(C)Cc1nc(C(F)(F)F)nn1C(=O)n1cncn1. The van der Waals surface area contributed by atoms with Gasteiger partial charge in [0, 0.05) is 6.42 Å². The number of alkyl halides is 3. The predicted octanol–water partition coefficient (Wildman–Crippen LogP) is 1.99. The second-order valence-corrected chi connectivity index (χ2v) is 5.62. The summed E-state index contributed by atoms with van der Waals surface area (Å²) < 4.78 is 39.6. The van der Waals surface area contributed by atoms with Gasteiger partial charge in [-0.05, 0) is 5.41 Å². The van der Waals surface area contributed by atoms with E-state index in [-0.39, 0.29) is 17.7 Å². The first-order chi connectivity index (χ1) is 9.58. The van der Waals surface area contributed by atoms with Gasteiger partial charge < -0.3 is 0 Å². The first-order valence-corrected chi connectivity index (χ1v) is 6.00. The smallest absolute Gasteiger partial charge is 0.243 e. The predicted molar refractivity (Wildman–Crippen MR) is 64.4 cm³/mol. The van der Waals surface area contributed by atoms with E-state index in [9.17, 15) is 18.0 Å². The van der Waals surface area contributed by atoms with Gasteiger partial charge in [-0.15, -0.1) is 5.10 Å². The van der Waals surface area contributed by atoms with Crippen LogP contribution in [0.1, 0.15) is 32.4 Å². The molecule has 0 aliphatic rings. The van der Waals surface area contributed by atoms with E-state index in [1.54, 1.807) is 0 Å². The van der Waals surface area contributed by atoms with Gasteiger partial charge in [0.15, 0.2) is 0 Å². The molecule has 0 N–H and O–H groups in total. The highest BCUT2D eigenvalue weighted by atomic mass is 19.4. The molecule has 7 nitrogen and oxygen atoms in total. The van der Waals surface area contributed by atoms with Crippen LogP contribution in [-0.2, 0) is 12.6 Å². The largest absolute Gasteiger partial charge is 0.453 e. The first-order valence-electron chi connectivity index (χ1n) is 6.00. The van der Waals surface area contributed by atoms with Crippen molar-refractivity contribution >= 4 is 6.03 Å². The average Bonchev–Trinajstić information content (AvgIpc) is 2.92. The molecule has 0 atom stereocenters. The summed E-state index contributed by atoms with van der Waals surface area (Å²) >= 11 is 0. The topological polar surface area (TPSA) is 78.5 Å². The maximum absolute atomic E-state index is 12.7. The third kappa shape index (κ3) is 3.44. The van der Waals surface area contributed by atoms with Crippen molar-refractivity contribution in [1.29, 1.82) is 0 Å². The summed E-state index contributed by atoms with van der Waals surface area (Å²) in [5, 5.41) is 6.85. The molecule has 114 valence electrons. The summed E-state index contributed by atoms with van der Waals surface area (Å²) in [4.78, 5) is 19.1. The molecule has 0 unspecified atom stereocenters. The van der Waals surface area contributed by atoms with Crippen LogP contribution in [0.15, 0.2) is 12.7 Å². The third-order valence-electron chi connectivity index (χ3n) is 2.41. The van der Waals surface area contributed by atoms with Gasteiger partial charge in [0.05, 0.1) is 0 Å². The Labute approximate surface area is 117 Å². The Morgan fingerprint density at radius 3 is 2.43 bits per heavy atom. The highest BCUT2D eigenvalue weighted by Crippen LogP contribution is 2.28. The molecule has 0 saturated heterocycles. The van der Waals surface area contributed by atoms with E-state index in [2.05, 4.69) is 20.2 Å². The number of carbonyl (C=O) groups excluding carboxylic acids is 1. The fourth-order valence-electron chi connectivity index (χ4n) is 1.61. The van der Waals surface area contributed by atoms with Crippen LogP contribution in [0.2, 0.25) is 0 Å². The molecule has 0 amide bonds. The number of hydrogen-bond donors (Lipinski definition) is 0. The number of aromatic nitrogens is 6. The first kappa shape index (κ1) is 15.1. The van der Waals surface area contributed by atoms with Crippen molar-refractivity contribution in [2.75, 3.05) is 0 Å². The average molecular weight is 302 g/mol. The lowest BCUT2D eigenvalue weighted by atomic mass is 9.92. The summed E-state index contributed by atoms with van der Waals surface area (Å²) in [7, 11) is 0. The Morgan fingerprint density at radius 2 is 1.95 bits per heavy atom. The molecule has 0 fully saturated rings. The molecule has 0 spiro atoms. The van der Waals surface area contributed by atoms with E-state index < -0.39 is 18.0 Å². The molecule has 0 aliphatic carbocycles. The van der Waals surface area contributed by atoms with E-state index in [0.29, 0.717) is 4.68 Å². The molecule has 2 rings (SSSR count). The van der Waals surface area contributed by atoms with Gasteiger partial charge in [-0.1, -0.05) is 20.8 Å². The van der Waals surface area contributed by atoms with Crippen LogP contribution in [0.4, 0.5) is 18.0 Å². The van der Waals surface area contributed by atoms with Crippen molar-refractivity contribution < 1.29 is 18.0 Å². The van der Waals surface area contributed by atoms with Gasteiger partial charge in [0.25, 0.3) is 5.82 Å². The lowest BCUT2D eigenvalue weighted by Crippen LogP contribution is -2.25. The monoisotopic (exact) mass is 302 g/mol. The lowest BCUT2D eigenvalue weighted by Gasteiger charge is -2.16. The normalized spacial score (nSPS) is 12.7. The summed E-state index contributed by atoms with van der Waals surface area (Å²) in [5.41, 5.74) is -0.365. The zero-order chi connectivity index (χ0) is 15.8. The Bertz CT molecular complexity index is 638. The highest BCUT2D eigenvalue weighted by Gasteiger charge is 2.38. The molecule has 21 heavy (non-hydrogen) atoms. The van der Waals surface area contributed by atoms with Crippen LogP contribution in [-0.4, -0.2) is 35.6 Å². The number of rotatable bonds is 1. The molecule has 10 heteroatoms. The minimum absolute atomic E-state index is 0.0738. The summed E-state index contributed by atoms with van der Waals surface area (Å²) in [6.07, 6.45) is -2.39. The molecular weight excluding hydrogens is 289 g/mol. The van der Waals surface area contributed by atoms with E-state index in [1.807, 2.05) is 20.8 Å². The van der Waals surface area contributed by atoms with Crippen LogP contribution >= 0.6 is 0 Å². The maximum Gasteiger partial charge on any atom is 0.453 e. The van der Waals surface area contributed by atoms with E-state index in [1.165, 1.54) is 0 Å². The fraction of sp³-hybridized carbons (Fsp3) is 0.545. The van der Waals surface area contributed by atoms with Crippen molar-refractivity contribution in [2.24, 2.45) is 5.41 Å². The van der Waals surface area contributed by atoms with E-state index >= 15 is 0 Å². The molecule has 0 bridgehead atoms. The molecule has 0 aliphatic heterocycles. The minimum atomic E-state index is -4.72. The van der Waals surface area contributed by atoms with Crippen molar-refractivity contribution in [3.63, 3.8) is 0 Å². The van der Waals surface area contributed by atoms with E-state index in [4.69, 9.17) is 0 Å². The molecule has 2 aromatic heterocycles. The standard InChI is InChI=1S/C11H13F3N6O/c1-10(2,3)4-7-17-8(11(12,13)14)18-20(7)9(21)19-6-15-5-16-19/h5-6H,4H2,1-3H3. The zero-order valence-electron chi connectivity index (χ0n) is 11.6. The van der Waals surface area contributed by atoms with Gasteiger partial charge in [-0.2, -0.15) is 27.6 Å². The number of hydrogen-bond acceptors (Lipinski definition) is 5. The number of halogens is 3. The molecule has 0 saturated carbocycles. The zero-order valence-corrected chi connectivity index (χ0v) is 11.6. The molecular formula is C11H13F3N6O. The van der Waals surface area contributed by atoms with Crippen LogP contribution < -0.4 is 0 Å². The lowest BCUT2D eigenvalue weighted by molar-refractivity contribution is -0.144. The molecule has 2 aromatic rings. The van der Waals surface area contributed by atoms with Gasteiger partial charge in [-0.3, -0.25) is 0 Å². The Hall–Kier alpha value is -2.26. The summed E-state index contributed by atoms with van der Waals surface area (Å²) in [6.45, 7) is 5.46. The second-order valence-electron chi connectivity index (χ2n) is 5.62. The third-order valence-corrected chi connectivity index (χ3v) is 2.41. The molecule has 0 aromatic carbocycles. The van der Waals surface area contributed by atoms with Gasteiger partial charge in [-0.25, -0.2) is 14.8 Å². The maximum atomic E-state index is 12.7. The molecule has 2 heterocycles. The Balaban J connectivity index is 2.47. The second kappa shape index (κ2) is 4.93. The van der Waals surface area contributed by atoms with Crippen LogP contribution in [0.3, 0.4) is 0 Å². The van der Waals surface area contributed by atoms with Gasteiger partial charge >= 0.3 is 12.2 Å². The van der Waals surface area contributed by atoms with Crippen molar-refractivity contribution in [3.05, 3.63) is 24.3 Å². The van der Waals surface area contributed by atoms with Crippen molar-refractivity contribution in [1.82, 2.24) is 29.5 Å². The molecule has 0 radical (unpaired) electrons. The van der Waals surface area contributed by atoms with Crippen LogP contribution in [0.5, 0.6) is 0 Å². The quantitative estimate of drug-likeness (QED) is 0.805. The van der Waals surface area contributed by atoms with Gasteiger partial charge in [0.2, 0.25) is 0 Å². The van der Waals surface area contributed by atoms with Crippen LogP contribution in [0.25, 0.3) is 0 Å². The summed E-state index contributed by atoms with van der Waals surface area (Å²) in [6, 6.07) is -0.866.